The predicted molar refractivity (Wildman–Crippen MR) is 74.6 cm³/mol. The maximum atomic E-state index is 13.2. The van der Waals surface area contributed by atoms with Crippen LogP contribution >= 0.6 is 0 Å². The van der Waals surface area contributed by atoms with Crippen LogP contribution in [0.2, 0.25) is 0 Å². The van der Waals surface area contributed by atoms with Crippen LogP contribution in [0.1, 0.15) is 43.8 Å². The molecule has 0 aliphatic heterocycles. The van der Waals surface area contributed by atoms with Crippen molar-refractivity contribution in [3.8, 4) is 0 Å². The summed E-state index contributed by atoms with van der Waals surface area (Å²) in [4.78, 5) is 8.04. The zero-order valence-electron chi connectivity index (χ0n) is 11.5. The molecule has 1 aliphatic carbocycles. The van der Waals surface area contributed by atoms with Gasteiger partial charge in [-0.05, 0) is 37.8 Å². The summed E-state index contributed by atoms with van der Waals surface area (Å²) in [5.41, 5.74) is 0.890. The molecule has 1 fully saturated rings. The number of hydrogen-bond acceptors (Lipinski definition) is 3. The van der Waals surface area contributed by atoms with Gasteiger partial charge < -0.3 is 9.88 Å². The molecule has 20 heavy (non-hydrogen) atoms. The van der Waals surface area contributed by atoms with Crippen molar-refractivity contribution in [2.24, 2.45) is 0 Å². The Morgan fingerprint density at radius 2 is 2.25 bits per heavy atom. The van der Waals surface area contributed by atoms with E-state index >= 15 is 0 Å². The Kier molecular flexibility index (Phi) is 3.78. The first-order chi connectivity index (χ1) is 9.74. The third kappa shape index (κ3) is 2.72. The molecule has 2 aromatic rings. The molecule has 0 spiro atoms. The topological polar surface area (TPSA) is 42.7 Å². The fourth-order valence-electron chi connectivity index (χ4n) is 3.04. The largest absolute Gasteiger partial charge is 0.333 e. The van der Waals surface area contributed by atoms with E-state index in [1.54, 1.807) is 12.3 Å². The molecule has 3 atom stereocenters. The number of imidazole rings is 1. The summed E-state index contributed by atoms with van der Waals surface area (Å²) < 4.78 is 15.4. The zero-order chi connectivity index (χ0) is 13.9. The average molecular weight is 274 g/mol. The van der Waals surface area contributed by atoms with E-state index in [-0.39, 0.29) is 11.9 Å². The molecule has 3 rings (SSSR count). The molecule has 0 amide bonds. The maximum absolute atomic E-state index is 13.2. The van der Waals surface area contributed by atoms with E-state index in [9.17, 15) is 4.39 Å². The molecular weight excluding hydrogens is 255 g/mol. The van der Waals surface area contributed by atoms with Crippen molar-refractivity contribution in [1.82, 2.24) is 19.9 Å². The van der Waals surface area contributed by atoms with Crippen LogP contribution in [0.25, 0.3) is 0 Å². The number of aromatic nitrogens is 3. The van der Waals surface area contributed by atoms with Gasteiger partial charge in [0.25, 0.3) is 0 Å². The molecule has 2 heterocycles. The highest BCUT2D eigenvalue weighted by Gasteiger charge is 2.29. The number of pyridine rings is 1. The first-order valence-electron chi connectivity index (χ1n) is 7.08. The molecule has 0 aromatic carbocycles. The van der Waals surface area contributed by atoms with E-state index in [0.29, 0.717) is 12.1 Å². The summed E-state index contributed by atoms with van der Waals surface area (Å²) in [5.74, 6) is -0.284. The van der Waals surface area contributed by atoms with Crippen molar-refractivity contribution in [3.05, 3.63) is 48.6 Å². The molecule has 3 unspecified atom stereocenters. The van der Waals surface area contributed by atoms with Crippen molar-refractivity contribution in [2.75, 3.05) is 0 Å². The van der Waals surface area contributed by atoms with Crippen LogP contribution in [0.3, 0.4) is 0 Å². The van der Waals surface area contributed by atoms with Gasteiger partial charge in [0.1, 0.15) is 5.82 Å². The van der Waals surface area contributed by atoms with Crippen LogP contribution in [0.5, 0.6) is 0 Å². The Labute approximate surface area is 118 Å². The van der Waals surface area contributed by atoms with Crippen molar-refractivity contribution in [3.63, 3.8) is 0 Å². The van der Waals surface area contributed by atoms with E-state index in [2.05, 4.69) is 26.8 Å². The maximum Gasteiger partial charge on any atom is 0.141 e. The van der Waals surface area contributed by atoms with Crippen LogP contribution in [-0.2, 0) is 0 Å². The van der Waals surface area contributed by atoms with Crippen molar-refractivity contribution in [2.45, 2.75) is 44.3 Å². The molecule has 0 bridgehead atoms. The van der Waals surface area contributed by atoms with E-state index in [0.717, 1.165) is 18.4 Å². The Bertz CT molecular complexity index is 555. The smallest absolute Gasteiger partial charge is 0.141 e. The summed E-state index contributed by atoms with van der Waals surface area (Å²) in [6, 6.07) is 2.46. The van der Waals surface area contributed by atoms with Crippen molar-refractivity contribution >= 4 is 0 Å². The molecular formula is C15H19FN4. The highest BCUT2D eigenvalue weighted by Crippen LogP contribution is 2.31. The minimum Gasteiger partial charge on any atom is -0.333 e. The Balaban J connectivity index is 1.70. The van der Waals surface area contributed by atoms with E-state index in [1.807, 2.05) is 18.7 Å². The molecule has 0 radical (unpaired) electrons. The Morgan fingerprint density at radius 3 is 3.00 bits per heavy atom. The normalized spacial score (nSPS) is 23.9. The molecule has 1 saturated carbocycles. The van der Waals surface area contributed by atoms with Gasteiger partial charge in [0.15, 0.2) is 0 Å². The lowest BCUT2D eigenvalue weighted by Gasteiger charge is -2.26. The zero-order valence-corrected chi connectivity index (χ0v) is 11.5. The number of rotatable bonds is 4. The van der Waals surface area contributed by atoms with E-state index in [1.165, 1.54) is 12.6 Å². The quantitative estimate of drug-likeness (QED) is 0.932. The molecule has 1 N–H and O–H groups in total. The monoisotopic (exact) mass is 274 g/mol. The summed E-state index contributed by atoms with van der Waals surface area (Å²) >= 11 is 0. The van der Waals surface area contributed by atoms with Gasteiger partial charge >= 0.3 is 0 Å². The van der Waals surface area contributed by atoms with Gasteiger partial charge in [-0.1, -0.05) is 0 Å². The summed E-state index contributed by atoms with van der Waals surface area (Å²) in [6.07, 6.45) is 12.2. The number of hydrogen-bond donors (Lipinski definition) is 1. The standard InChI is InChI=1S/C15H19FN4/c1-11(12-7-13(16)9-18-8-12)19-14-3-2-4-15(14)20-6-5-17-10-20/h5-11,14-15,19H,2-4H2,1H3. The molecule has 1 aliphatic rings. The van der Waals surface area contributed by atoms with Gasteiger partial charge in [-0.15, -0.1) is 0 Å². The second-order valence-electron chi connectivity index (χ2n) is 5.44. The molecule has 4 nitrogen and oxygen atoms in total. The lowest BCUT2D eigenvalue weighted by Crippen LogP contribution is -2.35. The van der Waals surface area contributed by atoms with Crippen LogP contribution in [-0.4, -0.2) is 20.6 Å². The lowest BCUT2D eigenvalue weighted by atomic mass is 10.1. The SMILES string of the molecule is CC(NC1CCCC1n1ccnc1)c1cncc(F)c1. The predicted octanol–water partition coefficient (Wildman–Crippen LogP) is 2.86. The lowest BCUT2D eigenvalue weighted by molar-refractivity contribution is 0.362. The van der Waals surface area contributed by atoms with Gasteiger partial charge in [0, 0.05) is 36.7 Å². The minimum atomic E-state index is -0.284. The van der Waals surface area contributed by atoms with Gasteiger partial charge in [0.05, 0.1) is 12.5 Å². The van der Waals surface area contributed by atoms with E-state index < -0.39 is 0 Å². The molecule has 0 saturated heterocycles. The van der Waals surface area contributed by atoms with Gasteiger partial charge in [0.2, 0.25) is 0 Å². The van der Waals surface area contributed by atoms with Gasteiger partial charge in [-0.3, -0.25) is 4.98 Å². The fourth-order valence-corrected chi connectivity index (χ4v) is 3.04. The molecule has 106 valence electrons. The molecule has 5 heteroatoms. The first kappa shape index (κ1) is 13.2. The van der Waals surface area contributed by atoms with Crippen molar-refractivity contribution < 1.29 is 4.39 Å². The third-order valence-electron chi connectivity index (χ3n) is 4.08. The first-order valence-corrected chi connectivity index (χ1v) is 7.08. The highest BCUT2D eigenvalue weighted by atomic mass is 19.1. The number of nitrogens with one attached hydrogen (secondary N) is 1. The summed E-state index contributed by atoms with van der Waals surface area (Å²) in [5, 5.41) is 3.61. The summed E-state index contributed by atoms with van der Waals surface area (Å²) in [7, 11) is 0. The number of halogens is 1. The van der Waals surface area contributed by atoms with Gasteiger partial charge in [-0.25, -0.2) is 9.37 Å². The number of nitrogens with zero attached hydrogens (tertiary/aromatic N) is 3. The summed E-state index contributed by atoms with van der Waals surface area (Å²) in [6.45, 7) is 2.06. The Hall–Kier alpha value is -1.75. The minimum absolute atomic E-state index is 0.0901. The van der Waals surface area contributed by atoms with Gasteiger partial charge in [-0.2, -0.15) is 0 Å². The molecule has 2 aromatic heterocycles. The second-order valence-corrected chi connectivity index (χ2v) is 5.44. The van der Waals surface area contributed by atoms with Crippen LogP contribution in [0.15, 0.2) is 37.2 Å². The van der Waals surface area contributed by atoms with Crippen LogP contribution in [0, 0.1) is 5.82 Å². The third-order valence-corrected chi connectivity index (χ3v) is 4.08. The fraction of sp³-hybridized carbons (Fsp3) is 0.467. The van der Waals surface area contributed by atoms with E-state index in [4.69, 9.17) is 0 Å². The van der Waals surface area contributed by atoms with Crippen LogP contribution in [0.4, 0.5) is 4.39 Å². The van der Waals surface area contributed by atoms with Crippen molar-refractivity contribution in [1.29, 1.82) is 0 Å². The Morgan fingerprint density at radius 1 is 1.35 bits per heavy atom. The highest BCUT2D eigenvalue weighted by molar-refractivity contribution is 5.14. The average Bonchev–Trinajstić information content (AvgIpc) is 3.08. The second kappa shape index (κ2) is 5.71. The van der Waals surface area contributed by atoms with Crippen LogP contribution < -0.4 is 5.32 Å².